The molecule has 2 N–H and O–H groups in total. The average molecular weight is 273 g/mol. The van der Waals surface area contributed by atoms with Gasteiger partial charge in [0.05, 0.1) is 16.3 Å². The molecule has 2 heterocycles. The van der Waals surface area contributed by atoms with E-state index in [1.165, 1.54) is 0 Å². The van der Waals surface area contributed by atoms with E-state index in [0.717, 1.165) is 16.4 Å². The largest absolute Gasteiger partial charge is 0.360 e. The molecule has 1 aliphatic rings. The third-order valence-electron chi connectivity index (χ3n) is 3.08. The summed E-state index contributed by atoms with van der Waals surface area (Å²) in [7, 11) is 0. The average Bonchev–Trinajstić information content (AvgIpc) is 2.88. The van der Waals surface area contributed by atoms with Crippen LogP contribution >= 0.6 is 11.3 Å². The number of aromatic nitrogens is 1. The van der Waals surface area contributed by atoms with Crippen LogP contribution in [0.15, 0.2) is 29.6 Å². The molecule has 0 fully saturated rings. The fraction of sp³-hybridized carbons (Fsp3) is 0.286. The second-order valence-electron chi connectivity index (χ2n) is 4.86. The van der Waals surface area contributed by atoms with Crippen LogP contribution in [0.5, 0.6) is 0 Å². The van der Waals surface area contributed by atoms with Gasteiger partial charge in [-0.05, 0) is 12.1 Å². The molecular formula is C14H15N3OS. The molecule has 0 radical (unpaired) electrons. The number of carbonyl (C=O) groups is 1. The maximum Gasteiger partial charge on any atom is 0.255 e. The Labute approximate surface area is 115 Å². The van der Waals surface area contributed by atoms with E-state index in [0.29, 0.717) is 11.5 Å². The minimum atomic E-state index is -0.244. The van der Waals surface area contributed by atoms with Crippen molar-refractivity contribution in [1.82, 2.24) is 10.3 Å². The predicted octanol–water partition coefficient (Wildman–Crippen LogP) is 3.12. The molecule has 1 amide bonds. The number of para-hydroxylation sites is 1. The van der Waals surface area contributed by atoms with Crippen LogP contribution in [0.2, 0.25) is 0 Å². The minimum absolute atomic E-state index is 0.0570. The van der Waals surface area contributed by atoms with Gasteiger partial charge in [-0.3, -0.25) is 4.79 Å². The number of hydrogen-bond acceptors (Lipinski definition) is 4. The van der Waals surface area contributed by atoms with E-state index in [2.05, 4.69) is 29.5 Å². The van der Waals surface area contributed by atoms with E-state index in [1.807, 2.05) is 29.6 Å². The highest BCUT2D eigenvalue weighted by Gasteiger charge is 2.25. The minimum Gasteiger partial charge on any atom is -0.360 e. The van der Waals surface area contributed by atoms with E-state index in [9.17, 15) is 4.79 Å². The molecule has 1 aromatic carbocycles. The molecule has 0 saturated carbocycles. The van der Waals surface area contributed by atoms with E-state index < -0.39 is 0 Å². The Balaban J connectivity index is 1.90. The predicted molar refractivity (Wildman–Crippen MR) is 76.5 cm³/mol. The van der Waals surface area contributed by atoms with Gasteiger partial charge in [0.15, 0.2) is 0 Å². The van der Waals surface area contributed by atoms with Crippen LogP contribution in [0, 0.1) is 0 Å². The van der Waals surface area contributed by atoms with Crippen molar-refractivity contribution in [3.05, 3.63) is 45.9 Å². The smallest absolute Gasteiger partial charge is 0.255 e. The van der Waals surface area contributed by atoms with Crippen LogP contribution in [-0.4, -0.2) is 10.9 Å². The van der Waals surface area contributed by atoms with Gasteiger partial charge in [-0.1, -0.05) is 26.0 Å². The molecule has 1 atom stereocenters. The van der Waals surface area contributed by atoms with Crippen LogP contribution in [0.4, 0.5) is 5.69 Å². The lowest BCUT2D eigenvalue weighted by molar-refractivity contribution is 0.0935. The van der Waals surface area contributed by atoms with Crippen LogP contribution in [-0.2, 0) is 0 Å². The summed E-state index contributed by atoms with van der Waals surface area (Å²) in [5.41, 5.74) is 2.41. The van der Waals surface area contributed by atoms with Crippen molar-refractivity contribution < 1.29 is 4.79 Å². The molecule has 98 valence electrons. The zero-order chi connectivity index (χ0) is 13.4. The van der Waals surface area contributed by atoms with Gasteiger partial charge in [0, 0.05) is 17.0 Å². The van der Waals surface area contributed by atoms with Crippen LogP contribution < -0.4 is 10.6 Å². The summed E-state index contributed by atoms with van der Waals surface area (Å²) in [5.74, 6) is 0.351. The number of fused-ring (bicyclic) bond motifs is 1. The molecule has 0 bridgehead atoms. The maximum atomic E-state index is 12.0. The molecule has 0 aliphatic carbocycles. The van der Waals surface area contributed by atoms with Gasteiger partial charge in [0.2, 0.25) is 0 Å². The number of rotatable bonds is 2. The van der Waals surface area contributed by atoms with Gasteiger partial charge < -0.3 is 10.6 Å². The number of amides is 1. The number of thiazole rings is 1. The molecule has 19 heavy (non-hydrogen) atoms. The van der Waals surface area contributed by atoms with E-state index in [-0.39, 0.29) is 12.1 Å². The topological polar surface area (TPSA) is 54.0 Å². The normalized spacial score (nSPS) is 17.8. The monoisotopic (exact) mass is 273 g/mol. The summed E-state index contributed by atoms with van der Waals surface area (Å²) in [6.07, 6.45) is -0.244. The van der Waals surface area contributed by atoms with E-state index in [1.54, 1.807) is 11.3 Å². The Morgan fingerprint density at radius 1 is 1.26 bits per heavy atom. The summed E-state index contributed by atoms with van der Waals surface area (Å²) in [6.45, 7) is 4.23. The quantitative estimate of drug-likeness (QED) is 0.884. The second kappa shape index (κ2) is 4.66. The summed E-state index contributed by atoms with van der Waals surface area (Å²) in [4.78, 5) is 16.6. The van der Waals surface area contributed by atoms with Crippen molar-refractivity contribution in [2.45, 2.75) is 25.9 Å². The first kappa shape index (κ1) is 12.2. The highest BCUT2D eigenvalue weighted by Crippen LogP contribution is 2.28. The Kier molecular flexibility index (Phi) is 2.98. The van der Waals surface area contributed by atoms with Gasteiger partial charge in [-0.2, -0.15) is 0 Å². The van der Waals surface area contributed by atoms with Crippen LogP contribution in [0.1, 0.15) is 47.0 Å². The van der Waals surface area contributed by atoms with Gasteiger partial charge in [-0.25, -0.2) is 4.98 Å². The first-order chi connectivity index (χ1) is 9.15. The summed E-state index contributed by atoms with van der Waals surface area (Å²) < 4.78 is 0. The van der Waals surface area contributed by atoms with Crippen molar-refractivity contribution >= 4 is 22.9 Å². The van der Waals surface area contributed by atoms with Crippen molar-refractivity contribution in [3.8, 4) is 0 Å². The summed E-state index contributed by atoms with van der Waals surface area (Å²) in [6, 6.07) is 7.51. The van der Waals surface area contributed by atoms with Crippen LogP contribution in [0.25, 0.3) is 0 Å². The molecular weight excluding hydrogens is 258 g/mol. The first-order valence-electron chi connectivity index (χ1n) is 6.27. The standard InChI is InChI=1S/C14H15N3OS/c1-8(2)14-16-11(7-19-14)12-15-10-6-4-3-5-9(10)13(18)17-12/h3-8,12,15H,1-2H3,(H,17,18). The number of carbonyl (C=O) groups excluding carboxylic acids is 1. The lowest BCUT2D eigenvalue weighted by Gasteiger charge is -2.26. The zero-order valence-corrected chi connectivity index (χ0v) is 11.6. The van der Waals surface area contributed by atoms with Crippen molar-refractivity contribution in [2.75, 3.05) is 5.32 Å². The van der Waals surface area contributed by atoms with Gasteiger partial charge in [0.1, 0.15) is 6.17 Å². The molecule has 0 saturated heterocycles. The number of nitrogens with one attached hydrogen (secondary N) is 2. The fourth-order valence-electron chi connectivity index (χ4n) is 2.05. The molecule has 5 heteroatoms. The third kappa shape index (κ3) is 2.21. The van der Waals surface area contributed by atoms with Crippen molar-refractivity contribution in [3.63, 3.8) is 0 Å². The molecule has 2 aromatic rings. The number of hydrogen-bond donors (Lipinski definition) is 2. The zero-order valence-electron chi connectivity index (χ0n) is 10.8. The molecule has 4 nitrogen and oxygen atoms in total. The molecule has 3 rings (SSSR count). The Bertz CT molecular complexity index is 621. The Morgan fingerprint density at radius 2 is 2.05 bits per heavy atom. The lowest BCUT2D eigenvalue weighted by atomic mass is 10.1. The SMILES string of the molecule is CC(C)c1nc(C2NC(=O)c3ccccc3N2)cs1. The molecule has 0 spiro atoms. The highest BCUT2D eigenvalue weighted by molar-refractivity contribution is 7.09. The fourth-order valence-corrected chi connectivity index (χ4v) is 2.91. The maximum absolute atomic E-state index is 12.0. The number of nitrogens with zero attached hydrogens (tertiary/aromatic N) is 1. The van der Waals surface area contributed by atoms with Crippen LogP contribution in [0.3, 0.4) is 0 Å². The van der Waals surface area contributed by atoms with Gasteiger partial charge in [0.25, 0.3) is 5.91 Å². The molecule has 1 aliphatic heterocycles. The molecule has 1 aromatic heterocycles. The van der Waals surface area contributed by atoms with Crippen molar-refractivity contribution in [2.24, 2.45) is 0 Å². The summed E-state index contributed by atoms with van der Waals surface area (Å²) in [5, 5.41) is 9.33. The van der Waals surface area contributed by atoms with E-state index in [4.69, 9.17) is 0 Å². The van der Waals surface area contributed by atoms with Crippen molar-refractivity contribution in [1.29, 1.82) is 0 Å². The van der Waals surface area contributed by atoms with Gasteiger partial charge in [-0.15, -0.1) is 11.3 Å². The van der Waals surface area contributed by atoms with E-state index >= 15 is 0 Å². The Hall–Kier alpha value is -1.88. The highest BCUT2D eigenvalue weighted by atomic mass is 32.1. The summed E-state index contributed by atoms with van der Waals surface area (Å²) >= 11 is 1.63. The third-order valence-corrected chi connectivity index (χ3v) is 4.24. The Morgan fingerprint density at radius 3 is 2.79 bits per heavy atom. The van der Waals surface area contributed by atoms with Gasteiger partial charge >= 0.3 is 0 Å². The number of benzene rings is 1. The molecule has 1 unspecified atom stereocenters. The number of anilines is 1. The second-order valence-corrected chi connectivity index (χ2v) is 5.75. The lowest BCUT2D eigenvalue weighted by Crippen LogP contribution is -2.38. The first-order valence-corrected chi connectivity index (χ1v) is 7.15.